The van der Waals surface area contributed by atoms with Gasteiger partial charge in [-0.15, -0.1) is 24.8 Å². The highest BCUT2D eigenvalue weighted by Gasteiger charge is 2.39. The summed E-state index contributed by atoms with van der Waals surface area (Å²) in [7, 11) is -1.05. The molecular weight excluding hydrogens is 1110 g/mol. The van der Waals surface area contributed by atoms with Gasteiger partial charge in [-0.3, -0.25) is 29.3 Å². The van der Waals surface area contributed by atoms with Gasteiger partial charge in [0.1, 0.15) is 31.7 Å². The number of para-hydroxylation sites is 1. The van der Waals surface area contributed by atoms with Crippen molar-refractivity contribution < 1.29 is 65.7 Å². The lowest BCUT2D eigenvalue weighted by atomic mass is 10.0. The number of aryl methyl sites for hydroxylation is 3. The van der Waals surface area contributed by atoms with Crippen molar-refractivity contribution in [2.45, 2.75) is 57.7 Å². The number of aliphatic carboxylic acids is 1. The molecule has 3 aromatic rings. The molecule has 0 bridgehead atoms. The highest BCUT2D eigenvalue weighted by molar-refractivity contribution is 9.10. The van der Waals surface area contributed by atoms with E-state index >= 15 is 0 Å². The van der Waals surface area contributed by atoms with Crippen LogP contribution in [0.4, 0.5) is 23.2 Å². The average molecular weight is 1170 g/mol. The summed E-state index contributed by atoms with van der Waals surface area (Å²) in [5, 5.41) is 13.5. The second kappa shape index (κ2) is 34.2. The predicted octanol–water partition coefficient (Wildman–Crippen LogP) is 8.86. The van der Waals surface area contributed by atoms with Crippen molar-refractivity contribution >= 4 is 110 Å². The van der Waals surface area contributed by atoms with Crippen LogP contribution in [0.25, 0.3) is 11.3 Å². The number of hydrogen-bond acceptors (Lipinski definition) is 10. The number of amides is 2. The van der Waals surface area contributed by atoms with E-state index in [-0.39, 0.29) is 46.3 Å². The van der Waals surface area contributed by atoms with Gasteiger partial charge in [-0.1, -0.05) is 79.0 Å². The first kappa shape index (κ1) is 67.9. The number of halogens is 9. The summed E-state index contributed by atoms with van der Waals surface area (Å²) >= 11 is 25.1. The first-order chi connectivity index (χ1) is 31.9. The number of esters is 1. The number of rotatable bonds is 18. The number of nitrogens with one attached hydrogen (secondary N) is 1. The Bertz CT molecular complexity index is 2150. The Morgan fingerprint density at radius 3 is 1.94 bits per heavy atom. The van der Waals surface area contributed by atoms with Crippen LogP contribution >= 0.6 is 69.9 Å². The molecule has 3 N–H and O–H groups in total. The number of anilines is 1. The first-order valence-electron chi connectivity index (χ1n) is 20.1. The maximum absolute atomic E-state index is 14.3. The lowest BCUT2D eigenvalue weighted by Crippen LogP contribution is -2.35. The summed E-state index contributed by atoms with van der Waals surface area (Å²) in [5.74, 6) is -3.39. The van der Waals surface area contributed by atoms with Gasteiger partial charge in [0.15, 0.2) is 10.5 Å². The molecule has 0 spiro atoms. The van der Waals surface area contributed by atoms with E-state index in [9.17, 15) is 46.2 Å². The van der Waals surface area contributed by atoms with Gasteiger partial charge in [-0.2, -0.15) is 18.3 Å². The van der Waals surface area contributed by atoms with Gasteiger partial charge >= 0.3 is 18.1 Å². The molecule has 390 valence electrons. The minimum absolute atomic E-state index is 0.0371. The molecule has 0 aliphatic rings. The topological polar surface area (TPSA) is 204 Å². The Hall–Kier alpha value is -3.21. The van der Waals surface area contributed by atoms with Crippen LogP contribution < -0.4 is 15.1 Å². The lowest BCUT2D eigenvalue weighted by Gasteiger charge is -2.26. The summed E-state index contributed by atoms with van der Waals surface area (Å²) < 4.78 is 73.7. The number of ether oxygens (including phenoxy) is 2. The van der Waals surface area contributed by atoms with Crippen molar-refractivity contribution in [2.24, 2.45) is 7.05 Å². The van der Waals surface area contributed by atoms with Crippen LogP contribution in [-0.2, 0) is 65.4 Å². The number of carboxylic acids is 1. The summed E-state index contributed by atoms with van der Waals surface area (Å²) in [5.41, 5.74) is 1.38. The fraction of sp³-hybridized carbons (Fsp3) is 0.465. The molecular formula is C43H59BrCl4F4N5O10PS. The molecule has 0 saturated heterocycles. The molecule has 0 fully saturated rings. The van der Waals surface area contributed by atoms with Crippen molar-refractivity contribution in [3.05, 3.63) is 93.3 Å². The van der Waals surface area contributed by atoms with Crippen molar-refractivity contribution in [3.8, 4) is 11.3 Å². The predicted molar refractivity (Wildman–Crippen MR) is 270 cm³/mol. The van der Waals surface area contributed by atoms with E-state index in [0.717, 1.165) is 48.8 Å². The van der Waals surface area contributed by atoms with Crippen molar-refractivity contribution in [2.75, 3.05) is 69.3 Å². The van der Waals surface area contributed by atoms with Crippen LogP contribution in [0, 0.1) is 5.82 Å². The first-order valence-corrected chi connectivity index (χ1v) is 26.9. The van der Waals surface area contributed by atoms with Crippen LogP contribution in [0.2, 0.25) is 5.02 Å². The minimum Gasteiger partial charge on any atom is -0.778 e. The highest BCUT2D eigenvalue weighted by Crippen LogP contribution is 2.41. The number of aromatic nitrogens is 2. The van der Waals surface area contributed by atoms with Crippen LogP contribution in [0.3, 0.4) is 0 Å². The molecule has 0 saturated carbocycles. The highest BCUT2D eigenvalue weighted by atomic mass is 79.9. The van der Waals surface area contributed by atoms with Gasteiger partial charge in [-0.25, -0.2) is 9.18 Å². The van der Waals surface area contributed by atoms with Crippen molar-refractivity contribution in [1.82, 2.24) is 20.0 Å². The number of carbonyl (C=O) groups is 4. The summed E-state index contributed by atoms with van der Waals surface area (Å²) in [6, 6.07) is 7.96. The maximum atomic E-state index is 14.3. The fourth-order valence-electron chi connectivity index (χ4n) is 5.18. The SMILES string of the molecule is C=CCN(CC=C)C(=O)C(Cl)Cl.CC(C)OC(=O)c1cc(-c2nn(C)c(C(F)(F)F)c2Br)c(F)cc1Cl.CCc1cccc(CC)c1N(COC)C(=O)CCl.C[S+](C)C.O=C(O)CNCP(=O)([O-])O. The molecule has 1 atom stereocenters. The molecule has 69 heavy (non-hydrogen) atoms. The van der Waals surface area contributed by atoms with E-state index < -0.39 is 65.5 Å². The van der Waals surface area contributed by atoms with Crippen molar-refractivity contribution in [3.63, 3.8) is 0 Å². The molecule has 1 heterocycles. The van der Waals surface area contributed by atoms with E-state index in [1.54, 1.807) is 38.0 Å². The second-order valence-electron chi connectivity index (χ2n) is 14.4. The van der Waals surface area contributed by atoms with Crippen LogP contribution in [-0.4, -0.2) is 124 Å². The summed E-state index contributed by atoms with van der Waals surface area (Å²) in [6.07, 6.45) is 5.70. The van der Waals surface area contributed by atoms with Gasteiger partial charge in [0, 0.05) is 32.8 Å². The molecule has 0 aliphatic carbocycles. The van der Waals surface area contributed by atoms with E-state index in [4.69, 9.17) is 65.9 Å². The standard InChI is InChI=1S/C15H12BrClF4N2O2.C14H20ClNO2.C8H11Cl2NO.C3H8NO5P.C3H9S/c1-6(2)25-14(24)7-4-8(10(18)5-9(7)17)12-11(16)13(15(19,20)21)23(3)22-12;1-4-11-7-6-8-12(5-2)14(11)16(10-18-3)13(17)9-15;1-3-5-11(6-4-2)8(12)7(9)10;5-3(6)1-4-2-10(7,8)9;1-4(2)3/h4-6H,1-3H3;6-8H,4-5,9-10H2,1-3H3;3-4,7H,1-2,5-6H2;4H,1-2H2,(H,5,6)(H2,7,8,9);1-3H3/q;;;;+1/p-1. The zero-order valence-electron chi connectivity index (χ0n) is 39.5. The van der Waals surface area contributed by atoms with E-state index in [1.165, 1.54) is 4.90 Å². The van der Waals surface area contributed by atoms with Crippen LogP contribution in [0.1, 0.15) is 54.9 Å². The monoisotopic (exact) mass is 1160 g/mol. The molecule has 0 radical (unpaired) electrons. The maximum Gasteiger partial charge on any atom is 0.434 e. The number of nitrogens with zero attached hydrogens (tertiary/aromatic N) is 4. The molecule has 3 rings (SSSR count). The lowest BCUT2D eigenvalue weighted by molar-refractivity contribution is -0.193. The molecule has 0 aliphatic heterocycles. The molecule has 26 heteroatoms. The number of alkyl halides is 6. The van der Waals surface area contributed by atoms with Crippen LogP contribution in [0.15, 0.2) is 60.1 Å². The summed E-state index contributed by atoms with van der Waals surface area (Å²) in [6.45, 7) is 15.0. The Kier molecular flexibility index (Phi) is 33.6. The largest absolute Gasteiger partial charge is 0.778 e. The van der Waals surface area contributed by atoms with E-state index in [1.807, 2.05) is 23.5 Å². The quantitative estimate of drug-likeness (QED) is 0.0208. The van der Waals surface area contributed by atoms with Gasteiger partial charge < -0.3 is 33.8 Å². The number of carbonyl (C=O) groups excluding carboxylic acids is 3. The average Bonchev–Trinajstić information content (AvgIpc) is 3.54. The third-order valence-electron chi connectivity index (χ3n) is 7.83. The molecule has 1 aromatic heterocycles. The molecule has 15 nitrogen and oxygen atoms in total. The Labute approximate surface area is 432 Å². The Balaban J connectivity index is 0. The fourth-order valence-corrected chi connectivity index (χ4v) is 6.99. The second-order valence-corrected chi connectivity index (χ2v) is 21.0. The number of benzene rings is 2. The van der Waals surface area contributed by atoms with Gasteiger partial charge in [0.25, 0.3) is 5.91 Å². The third-order valence-corrected chi connectivity index (χ3v) is 10.1. The zero-order valence-corrected chi connectivity index (χ0v) is 45.8. The zero-order chi connectivity index (χ0) is 54.0. The van der Waals surface area contributed by atoms with Gasteiger partial charge in [0.05, 0.1) is 58.4 Å². The number of carboxylic acid groups (broad SMARTS) is 1. The van der Waals surface area contributed by atoms with E-state index in [2.05, 4.69) is 66.8 Å². The minimum atomic E-state index is -4.69. The molecule has 2 aromatic carbocycles. The molecule has 2 amide bonds. The molecule has 1 unspecified atom stereocenters. The normalized spacial score (nSPS) is 11.6. The van der Waals surface area contributed by atoms with Gasteiger partial charge in [0.2, 0.25) is 5.91 Å². The van der Waals surface area contributed by atoms with Crippen LogP contribution in [0.5, 0.6) is 0 Å². The van der Waals surface area contributed by atoms with Gasteiger partial charge in [-0.05, 0) is 76.8 Å². The smallest absolute Gasteiger partial charge is 0.434 e. The number of methoxy groups -OCH3 is 1. The summed E-state index contributed by atoms with van der Waals surface area (Å²) in [4.78, 5) is 65.0. The van der Waals surface area contributed by atoms with E-state index in [0.29, 0.717) is 28.7 Å². The Morgan fingerprint density at radius 1 is 1.07 bits per heavy atom. The Morgan fingerprint density at radius 2 is 1.58 bits per heavy atom. The third kappa shape index (κ3) is 26.2. The number of hydrogen-bond donors (Lipinski definition) is 3. The van der Waals surface area contributed by atoms with Crippen molar-refractivity contribution in [1.29, 1.82) is 0 Å².